The van der Waals surface area contributed by atoms with Gasteiger partial charge in [0, 0.05) is 5.54 Å². The molecule has 0 atom stereocenters. The van der Waals surface area contributed by atoms with Crippen molar-refractivity contribution in [1.82, 2.24) is 4.72 Å². The van der Waals surface area contributed by atoms with E-state index in [0.29, 0.717) is 4.90 Å². The Morgan fingerprint density at radius 1 is 1.27 bits per heavy atom. The lowest BCUT2D eigenvalue weighted by Crippen LogP contribution is -2.40. The van der Waals surface area contributed by atoms with Crippen LogP contribution in [0.2, 0.25) is 0 Å². The molecular weight excluding hydrogens is 209 g/mol. The molecule has 5 heteroatoms. The van der Waals surface area contributed by atoms with E-state index >= 15 is 0 Å². The van der Waals surface area contributed by atoms with E-state index in [-0.39, 0.29) is 0 Å². The van der Waals surface area contributed by atoms with Gasteiger partial charge in [-0.25, -0.2) is 13.1 Å². The highest BCUT2D eigenvalue weighted by atomic mass is 32.2. The van der Waals surface area contributed by atoms with Gasteiger partial charge < -0.3 is 0 Å². The number of hydrogen-bond donors (Lipinski definition) is 1. The van der Waals surface area contributed by atoms with Gasteiger partial charge in [0.25, 0.3) is 0 Å². The van der Waals surface area contributed by atoms with E-state index in [1.165, 1.54) is 0 Å². The Labute approximate surface area is 92.4 Å². The van der Waals surface area contributed by atoms with Gasteiger partial charge in [-0.1, -0.05) is 17.6 Å². The Balaban J connectivity index is 3.07. The minimum absolute atomic E-state index is 0.317. The predicted molar refractivity (Wildman–Crippen MR) is 64.7 cm³/mol. The van der Waals surface area contributed by atoms with Crippen LogP contribution in [0, 0.1) is 0 Å². The maximum atomic E-state index is 11.9. The van der Waals surface area contributed by atoms with Crippen LogP contribution in [0.25, 0.3) is 0 Å². The molecule has 82 valence electrons. The molecule has 1 aromatic carbocycles. The summed E-state index contributed by atoms with van der Waals surface area (Å²) in [5.41, 5.74) is 0.481. The molecule has 0 aromatic heterocycles. The summed E-state index contributed by atoms with van der Waals surface area (Å²) in [4.78, 5) is 0.317. The summed E-state index contributed by atoms with van der Waals surface area (Å²) in [5, 5.41) is 0. The Morgan fingerprint density at radius 2 is 1.87 bits per heavy atom. The van der Waals surface area contributed by atoms with E-state index in [4.69, 9.17) is 0 Å². The normalized spacial score (nSPS) is 12.7. The molecule has 0 fully saturated rings. The standard InChI is InChI=1S/C10H16BNO2S/c1-10(2,3)12-15(13,14)9-6-4-5-8(11)7-9/h4-7,12H,11H2,1-3H3. The number of nitrogens with one attached hydrogen (secondary N) is 1. The first kappa shape index (κ1) is 12.3. The van der Waals surface area contributed by atoms with E-state index in [1.54, 1.807) is 18.2 Å². The summed E-state index contributed by atoms with van der Waals surface area (Å²) in [7, 11) is -1.52. The molecular formula is C10H16BNO2S. The van der Waals surface area contributed by atoms with Crippen LogP contribution in [0.1, 0.15) is 20.8 Å². The molecule has 0 heterocycles. The van der Waals surface area contributed by atoms with Crippen LogP contribution in [0.4, 0.5) is 0 Å². The number of benzene rings is 1. The summed E-state index contributed by atoms with van der Waals surface area (Å²) in [6, 6.07) is 6.87. The zero-order chi connectivity index (χ0) is 11.7. The summed E-state index contributed by atoms with van der Waals surface area (Å²) in [6.07, 6.45) is 0. The second kappa shape index (κ2) is 3.98. The van der Waals surface area contributed by atoms with Gasteiger partial charge in [0.2, 0.25) is 10.0 Å². The van der Waals surface area contributed by atoms with Crippen LogP contribution < -0.4 is 10.2 Å². The van der Waals surface area contributed by atoms with Gasteiger partial charge in [0.1, 0.15) is 7.85 Å². The minimum atomic E-state index is -3.39. The quantitative estimate of drug-likeness (QED) is 0.721. The lowest BCUT2D eigenvalue weighted by molar-refractivity contribution is 0.491. The zero-order valence-corrected chi connectivity index (χ0v) is 10.4. The highest BCUT2D eigenvalue weighted by Gasteiger charge is 2.21. The summed E-state index contributed by atoms with van der Waals surface area (Å²) in [6.45, 7) is 5.46. The highest BCUT2D eigenvalue weighted by Crippen LogP contribution is 2.10. The number of rotatable bonds is 2. The maximum Gasteiger partial charge on any atom is 0.241 e. The molecule has 0 saturated carbocycles. The molecule has 0 aliphatic heterocycles. The van der Waals surface area contributed by atoms with Crippen molar-refractivity contribution in [2.45, 2.75) is 31.2 Å². The monoisotopic (exact) mass is 225 g/mol. The molecule has 0 amide bonds. The third kappa shape index (κ3) is 3.68. The molecule has 0 aliphatic carbocycles. The SMILES string of the molecule is Bc1cccc(S(=O)(=O)NC(C)(C)C)c1. The molecule has 0 saturated heterocycles. The fourth-order valence-corrected chi connectivity index (χ4v) is 2.77. The Hall–Kier alpha value is -0.805. The van der Waals surface area contributed by atoms with E-state index in [9.17, 15) is 8.42 Å². The fourth-order valence-electron chi connectivity index (χ4n) is 1.24. The molecule has 1 aromatic rings. The molecule has 1 rings (SSSR count). The maximum absolute atomic E-state index is 11.9. The lowest BCUT2D eigenvalue weighted by Gasteiger charge is -2.20. The van der Waals surface area contributed by atoms with Crippen molar-refractivity contribution in [2.24, 2.45) is 0 Å². The molecule has 0 spiro atoms. The summed E-state index contributed by atoms with van der Waals surface area (Å²) in [5.74, 6) is 0. The van der Waals surface area contributed by atoms with Gasteiger partial charge in [0.05, 0.1) is 4.90 Å². The summed E-state index contributed by atoms with van der Waals surface area (Å²) < 4.78 is 26.4. The predicted octanol–water partition coefficient (Wildman–Crippen LogP) is 0.0218. The highest BCUT2D eigenvalue weighted by molar-refractivity contribution is 7.89. The van der Waals surface area contributed by atoms with E-state index in [1.807, 2.05) is 34.7 Å². The fraction of sp³-hybridized carbons (Fsp3) is 0.400. The number of hydrogen-bond acceptors (Lipinski definition) is 2. The molecule has 1 N–H and O–H groups in total. The molecule has 0 radical (unpaired) electrons. The van der Waals surface area contributed by atoms with E-state index < -0.39 is 15.6 Å². The van der Waals surface area contributed by atoms with Crippen LogP contribution >= 0.6 is 0 Å². The molecule has 3 nitrogen and oxygen atoms in total. The second-order valence-corrected chi connectivity index (χ2v) is 6.35. The number of sulfonamides is 1. The third-order valence-corrected chi connectivity index (χ3v) is 3.50. The summed E-state index contributed by atoms with van der Waals surface area (Å²) >= 11 is 0. The first-order valence-electron chi connectivity index (χ1n) is 4.81. The molecule has 15 heavy (non-hydrogen) atoms. The first-order chi connectivity index (χ1) is 6.71. The van der Waals surface area contributed by atoms with Gasteiger partial charge in [-0.3, -0.25) is 0 Å². The van der Waals surface area contributed by atoms with Gasteiger partial charge in [-0.15, -0.1) is 0 Å². The van der Waals surface area contributed by atoms with Crippen LogP contribution in [0.15, 0.2) is 29.2 Å². The van der Waals surface area contributed by atoms with Crippen LogP contribution in [-0.4, -0.2) is 21.8 Å². The van der Waals surface area contributed by atoms with Gasteiger partial charge in [0.15, 0.2) is 0 Å². The molecule has 0 aliphatic rings. The zero-order valence-electron chi connectivity index (χ0n) is 9.53. The molecule has 0 unspecified atom stereocenters. The van der Waals surface area contributed by atoms with Crippen molar-refractivity contribution in [3.63, 3.8) is 0 Å². The van der Waals surface area contributed by atoms with Gasteiger partial charge in [-0.2, -0.15) is 0 Å². The second-order valence-electron chi connectivity index (χ2n) is 4.67. The van der Waals surface area contributed by atoms with E-state index in [0.717, 1.165) is 5.46 Å². The van der Waals surface area contributed by atoms with Crippen molar-refractivity contribution in [2.75, 3.05) is 0 Å². The Kier molecular flexibility index (Phi) is 3.26. The van der Waals surface area contributed by atoms with Crippen LogP contribution in [0.5, 0.6) is 0 Å². The van der Waals surface area contributed by atoms with Gasteiger partial charge in [-0.05, 0) is 32.9 Å². The third-order valence-electron chi connectivity index (χ3n) is 1.74. The van der Waals surface area contributed by atoms with Crippen LogP contribution in [-0.2, 0) is 10.0 Å². The van der Waals surface area contributed by atoms with Crippen molar-refractivity contribution < 1.29 is 8.42 Å². The van der Waals surface area contributed by atoms with Crippen molar-refractivity contribution >= 4 is 23.3 Å². The largest absolute Gasteiger partial charge is 0.241 e. The average Bonchev–Trinajstić information content (AvgIpc) is 1.99. The van der Waals surface area contributed by atoms with E-state index in [2.05, 4.69) is 4.72 Å². The van der Waals surface area contributed by atoms with Crippen molar-refractivity contribution in [3.8, 4) is 0 Å². The van der Waals surface area contributed by atoms with Crippen molar-refractivity contribution in [3.05, 3.63) is 24.3 Å². The average molecular weight is 225 g/mol. The van der Waals surface area contributed by atoms with Crippen molar-refractivity contribution in [1.29, 1.82) is 0 Å². The van der Waals surface area contributed by atoms with Crippen LogP contribution in [0.3, 0.4) is 0 Å². The first-order valence-corrected chi connectivity index (χ1v) is 6.30. The Bertz CT molecular complexity index is 449. The van der Waals surface area contributed by atoms with Gasteiger partial charge >= 0.3 is 0 Å². The Morgan fingerprint density at radius 3 is 2.33 bits per heavy atom. The minimum Gasteiger partial charge on any atom is -0.207 e. The molecule has 0 bridgehead atoms. The lowest BCUT2D eigenvalue weighted by atomic mass is 9.97. The smallest absolute Gasteiger partial charge is 0.207 e. The topological polar surface area (TPSA) is 46.2 Å².